The van der Waals surface area contributed by atoms with E-state index in [2.05, 4.69) is 17.4 Å². The normalized spacial score (nSPS) is 17.1. The molecule has 0 saturated heterocycles. The van der Waals surface area contributed by atoms with Crippen LogP contribution in [0.5, 0.6) is 0 Å². The fourth-order valence-corrected chi connectivity index (χ4v) is 3.05. The van der Waals surface area contributed by atoms with Crippen molar-refractivity contribution in [1.82, 2.24) is 5.32 Å². The Labute approximate surface area is 121 Å². The second kappa shape index (κ2) is 8.05. The van der Waals surface area contributed by atoms with E-state index in [0.29, 0.717) is 25.3 Å². The number of aliphatic hydroxyl groups is 1. The van der Waals surface area contributed by atoms with Gasteiger partial charge in [-0.15, -0.1) is 0 Å². The van der Waals surface area contributed by atoms with Crippen LogP contribution in [0.25, 0.3) is 0 Å². The quantitative estimate of drug-likeness (QED) is 0.804. The van der Waals surface area contributed by atoms with Crippen LogP contribution in [-0.2, 0) is 4.79 Å². The molecule has 0 spiro atoms. The van der Waals surface area contributed by atoms with E-state index in [1.807, 2.05) is 18.2 Å². The van der Waals surface area contributed by atoms with Crippen molar-refractivity contribution in [3.05, 3.63) is 35.9 Å². The maximum atomic E-state index is 12.0. The van der Waals surface area contributed by atoms with Gasteiger partial charge in [0.05, 0.1) is 0 Å². The van der Waals surface area contributed by atoms with Gasteiger partial charge in [0.1, 0.15) is 0 Å². The SMILES string of the molecule is O=C(CC1CCCC1)NCC(CCO)c1ccccc1. The van der Waals surface area contributed by atoms with Gasteiger partial charge in [0.15, 0.2) is 0 Å². The van der Waals surface area contributed by atoms with Gasteiger partial charge < -0.3 is 10.4 Å². The van der Waals surface area contributed by atoms with Crippen LogP contribution in [-0.4, -0.2) is 24.2 Å². The summed E-state index contributed by atoms with van der Waals surface area (Å²) in [5, 5.41) is 12.2. The van der Waals surface area contributed by atoms with Crippen LogP contribution >= 0.6 is 0 Å². The summed E-state index contributed by atoms with van der Waals surface area (Å²) in [6.45, 7) is 0.772. The Bertz CT molecular complexity index is 399. The van der Waals surface area contributed by atoms with Gasteiger partial charge in [0, 0.05) is 25.5 Å². The van der Waals surface area contributed by atoms with Crippen molar-refractivity contribution < 1.29 is 9.90 Å². The number of aliphatic hydroxyl groups excluding tert-OH is 1. The first kappa shape index (κ1) is 15.0. The molecule has 0 aliphatic heterocycles. The van der Waals surface area contributed by atoms with Gasteiger partial charge in [0.25, 0.3) is 0 Å². The van der Waals surface area contributed by atoms with E-state index in [-0.39, 0.29) is 18.4 Å². The topological polar surface area (TPSA) is 49.3 Å². The van der Waals surface area contributed by atoms with E-state index < -0.39 is 0 Å². The zero-order chi connectivity index (χ0) is 14.2. The molecule has 2 rings (SSSR count). The third kappa shape index (κ3) is 4.64. The van der Waals surface area contributed by atoms with E-state index in [0.717, 1.165) is 0 Å². The molecule has 1 aromatic carbocycles. The van der Waals surface area contributed by atoms with Crippen LogP contribution in [0.15, 0.2) is 30.3 Å². The highest BCUT2D eigenvalue weighted by Crippen LogP contribution is 2.27. The molecular weight excluding hydrogens is 250 g/mol. The first-order chi connectivity index (χ1) is 9.79. The van der Waals surface area contributed by atoms with Gasteiger partial charge >= 0.3 is 0 Å². The summed E-state index contributed by atoms with van der Waals surface area (Å²) in [7, 11) is 0. The molecule has 0 radical (unpaired) electrons. The molecule has 1 amide bonds. The molecule has 3 nitrogen and oxygen atoms in total. The molecule has 1 atom stereocenters. The van der Waals surface area contributed by atoms with Crippen LogP contribution in [0.2, 0.25) is 0 Å². The van der Waals surface area contributed by atoms with Crippen molar-refractivity contribution in [2.24, 2.45) is 5.92 Å². The minimum atomic E-state index is 0.151. The lowest BCUT2D eigenvalue weighted by molar-refractivity contribution is -0.122. The maximum Gasteiger partial charge on any atom is 0.220 e. The largest absolute Gasteiger partial charge is 0.396 e. The lowest BCUT2D eigenvalue weighted by Crippen LogP contribution is -2.30. The zero-order valence-corrected chi connectivity index (χ0v) is 12.1. The highest BCUT2D eigenvalue weighted by Gasteiger charge is 2.19. The Kier molecular flexibility index (Phi) is 6.06. The third-order valence-corrected chi connectivity index (χ3v) is 4.24. The average molecular weight is 275 g/mol. The number of rotatable bonds is 7. The summed E-state index contributed by atoms with van der Waals surface area (Å²) in [4.78, 5) is 12.0. The number of nitrogens with one attached hydrogen (secondary N) is 1. The molecule has 2 N–H and O–H groups in total. The van der Waals surface area contributed by atoms with E-state index in [1.54, 1.807) is 0 Å². The minimum Gasteiger partial charge on any atom is -0.396 e. The number of hydrogen-bond donors (Lipinski definition) is 2. The van der Waals surface area contributed by atoms with Crippen LogP contribution in [0, 0.1) is 5.92 Å². The molecule has 1 unspecified atom stereocenters. The number of amides is 1. The number of hydrogen-bond acceptors (Lipinski definition) is 2. The smallest absolute Gasteiger partial charge is 0.220 e. The Morgan fingerprint density at radius 2 is 1.95 bits per heavy atom. The van der Waals surface area contributed by atoms with Crippen molar-refractivity contribution in [3.63, 3.8) is 0 Å². The first-order valence-electron chi connectivity index (χ1n) is 7.72. The summed E-state index contributed by atoms with van der Waals surface area (Å²) >= 11 is 0. The van der Waals surface area contributed by atoms with Gasteiger partial charge in [-0.1, -0.05) is 43.2 Å². The Balaban J connectivity index is 1.81. The van der Waals surface area contributed by atoms with E-state index in [9.17, 15) is 9.90 Å². The molecule has 0 aromatic heterocycles. The average Bonchev–Trinajstić information content (AvgIpc) is 2.97. The lowest BCUT2D eigenvalue weighted by Gasteiger charge is -2.18. The van der Waals surface area contributed by atoms with Gasteiger partial charge in [-0.05, 0) is 30.7 Å². The second-order valence-corrected chi connectivity index (χ2v) is 5.78. The van der Waals surface area contributed by atoms with Crippen LogP contribution < -0.4 is 5.32 Å². The van der Waals surface area contributed by atoms with Crippen molar-refractivity contribution >= 4 is 5.91 Å². The molecule has 110 valence electrons. The second-order valence-electron chi connectivity index (χ2n) is 5.78. The maximum absolute atomic E-state index is 12.0. The van der Waals surface area contributed by atoms with Crippen molar-refractivity contribution in [1.29, 1.82) is 0 Å². The molecule has 1 aliphatic carbocycles. The van der Waals surface area contributed by atoms with E-state index in [4.69, 9.17) is 0 Å². The Morgan fingerprint density at radius 3 is 2.60 bits per heavy atom. The summed E-state index contributed by atoms with van der Waals surface area (Å²) in [5.41, 5.74) is 1.18. The van der Waals surface area contributed by atoms with Crippen LogP contribution in [0.4, 0.5) is 0 Å². The predicted octanol–water partition coefficient (Wildman–Crippen LogP) is 2.85. The molecule has 1 saturated carbocycles. The van der Waals surface area contributed by atoms with Gasteiger partial charge in [0.2, 0.25) is 5.91 Å². The van der Waals surface area contributed by atoms with E-state index >= 15 is 0 Å². The van der Waals surface area contributed by atoms with Gasteiger partial charge in [-0.2, -0.15) is 0 Å². The Hall–Kier alpha value is -1.35. The number of benzene rings is 1. The molecule has 1 aromatic rings. The first-order valence-corrected chi connectivity index (χ1v) is 7.72. The third-order valence-electron chi connectivity index (χ3n) is 4.24. The fourth-order valence-electron chi connectivity index (χ4n) is 3.05. The van der Waals surface area contributed by atoms with Crippen LogP contribution in [0.3, 0.4) is 0 Å². The molecule has 1 fully saturated rings. The molecule has 1 aliphatic rings. The highest BCUT2D eigenvalue weighted by molar-refractivity contribution is 5.76. The standard InChI is InChI=1S/C17H25NO2/c19-11-10-16(15-8-2-1-3-9-15)13-18-17(20)12-14-6-4-5-7-14/h1-3,8-9,14,16,19H,4-7,10-13H2,(H,18,20). The van der Waals surface area contributed by atoms with E-state index in [1.165, 1.54) is 31.2 Å². The van der Waals surface area contributed by atoms with Crippen molar-refractivity contribution in [2.45, 2.75) is 44.4 Å². The minimum absolute atomic E-state index is 0.151. The summed E-state index contributed by atoms with van der Waals surface area (Å²) < 4.78 is 0. The molecule has 0 bridgehead atoms. The van der Waals surface area contributed by atoms with Crippen molar-refractivity contribution in [2.75, 3.05) is 13.2 Å². The molecule has 3 heteroatoms. The summed E-state index contributed by atoms with van der Waals surface area (Å²) in [5.74, 6) is 0.951. The molecular formula is C17H25NO2. The lowest BCUT2D eigenvalue weighted by atomic mass is 9.95. The zero-order valence-electron chi connectivity index (χ0n) is 12.1. The predicted molar refractivity (Wildman–Crippen MR) is 80.5 cm³/mol. The van der Waals surface area contributed by atoms with Gasteiger partial charge in [-0.25, -0.2) is 0 Å². The summed E-state index contributed by atoms with van der Waals surface area (Å²) in [6.07, 6.45) is 6.30. The number of carbonyl (C=O) groups is 1. The summed E-state index contributed by atoms with van der Waals surface area (Å²) in [6, 6.07) is 10.1. The molecule has 20 heavy (non-hydrogen) atoms. The monoisotopic (exact) mass is 275 g/mol. The van der Waals surface area contributed by atoms with Crippen LogP contribution in [0.1, 0.15) is 50.0 Å². The fraction of sp³-hybridized carbons (Fsp3) is 0.588. The number of carbonyl (C=O) groups excluding carboxylic acids is 1. The Morgan fingerprint density at radius 1 is 1.25 bits per heavy atom. The molecule has 0 heterocycles. The van der Waals surface area contributed by atoms with Crippen molar-refractivity contribution in [3.8, 4) is 0 Å². The van der Waals surface area contributed by atoms with Gasteiger partial charge in [-0.3, -0.25) is 4.79 Å². The highest BCUT2D eigenvalue weighted by atomic mass is 16.3.